The first-order valence-electron chi connectivity index (χ1n) is 7.81. The Morgan fingerprint density at radius 1 is 1.12 bits per heavy atom. The van der Waals surface area contributed by atoms with Crippen LogP contribution in [-0.4, -0.2) is 53.7 Å². The molecule has 1 fully saturated rings. The topological polar surface area (TPSA) is 99.2 Å². The normalized spacial score (nSPS) is 25.0. The molecule has 25 heavy (non-hydrogen) atoms. The summed E-state index contributed by atoms with van der Waals surface area (Å²) in [7, 11) is 0. The number of carbonyl (C=O) groups is 4. The van der Waals surface area contributed by atoms with Crippen molar-refractivity contribution >= 4 is 23.8 Å². The predicted molar refractivity (Wildman–Crippen MR) is 82.4 cm³/mol. The average Bonchev–Trinajstić information content (AvgIpc) is 3.04. The summed E-state index contributed by atoms with van der Waals surface area (Å²) in [6.45, 7) is 2.33. The minimum atomic E-state index is -0.910. The van der Waals surface area contributed by atoms with Crippen molar-refractivity contribution in [3.8, 4) is 0 Å². The van der Waals surface area contributed by atoms with Gasteiger partial charge in [0.05, 0.1) is 17.2 Å². The van der Waals surface area contributed by atoms with Crippen LogP contribution in [0.15, 0.2) is 24.3 Å². The van der Waals surface area contributed by atoms with Crippen LogP contribution in [0, 0.1) is 0 Å². The Hall–Kier alpha value is -2.74. The third kappa shape index (κ3) is 3.25. The van der Waals surface area contributed by atoms with E-state index < -0.39 is 42.2 Å². The number of carbonyl (C=O) groups excluding carboxylic acids is 4. The van der Waals surface area contributed by atoms with Crippen molar-refractivity contribution in [2.75, 3.05) is 6.61 Å². The summed E-state index contributed by atoms with van der Waals surface area (Å²) in [4.78, 5) is 48.6. The number of rotatable bonds is 4. The van der Waals surface area contributed by atoms with E-state index in [1.165, 1.54) is 13.8 Å². The maximum absolute atomic E-state index is 12.6. The van der Waals surface area contributed by atoms with Gasteiger partial charge in [-0.3, -0.25) is 24.1 Å². The summed E-state index contributed by atoms with van der Waals surface area (Å²) < 4.78 is 15.6. The first-order chi connectivity index (χ1) is 11.9. The second kappa shape index (κ2) is 6.64. The Balaban J connectivity index is 1.85. The molecule has 0 saturated carbocycles. The van der Waals surface area contributed by atoms with E-state index in [0.717, 1.165) is 4.90 Å². The molecule has 2 aliphatic rings. The molecule has 3 atom stereocenters. The minimum Gasteiger partial charge on any atom is -0.463 e. The summed E-state index contributed by atoms with van der Waals surface area (Å²) in [5.74, 6) is -1.93. The molecule has 0 bridgehead atoms. The molecule has 0 aliphatic carbocycles. The number of imide groups is 1. The summed E-state index contributed by atoms with van der Waals surface area (Å²) in [5.41, 5.74) is 0.629. The van der Waals surface area contributed by atoms with Crippen molar-refractivity contribution in [3.05, 3.63) is 35.4 Å². The van der Waals surface area contributed by atoms with Gasteiger partial charge in [-0.15, -0.1) is 0 Å². The highest BCUT2D eigenvalue weighted by atomic mass is 16.7. The molecule has 0 aromatic heterocycles. The molecule has 8 nitrogen and oxygen atoms in total. The summed E-state index contributed by atoms with van der Waals surface area (Å²) >= 11 is 0. The van der Waals surface area contributed by atoms with E-state index in [0.29, 0.717) is 11.1 Å². The molecule has 2 aliphatic heterocycles. The van der Waals surface area contributed by atoms with Gasteiger partial charge >= 0.3 is 11.9 Å². The number of fused-ring (bicyclic) bond motifs is 1. The maximum atomic E-state index is 12.6. The van der Waals surface area contributed by atoms with Crippen LogP contribution in [0.25, 0.3) is 0 Å². The molecule has 1 aromatic carbocycles. The molecule has 1 unspecified atom stereocenters. The van der Waals surface area contributed by atoms with Crippen LogP contribution in [-0.2, 0) is 23.8 Å². The molecule has 1 saturated heterocycles. The molecule has 0 spiro atoms. The van der Waals surface area contributed by atoms with Crippen molar-refractivity contribution in [1.29, 1.82) is 0 Å². The lowest BCUT2D eigenvalue weighted by atomic mass is 10.1. The molecule has 2 heterocycles. The van der Waals surface area contributed by atoms with Gasteiger partial charge in [0, 0.05) is 20.3 Å². The first kappa shape index (κ1) is 17.1. The van der Waals surface area contributed by atoms with Gasteiger partial charge in [0.25, 0.3) is 11.8 Å². The van der Waals surface area contributed by atoms with Crippen molar-refractivity contribution in [2.45, 2.75) is 38.7 Å². The smallest absolute Gasteiger partial charge is 0.304 e. The number of amides is 2. The Morgan fingerprint density at radius 3 is 2.24 bits per heavy atom. The number of ether oxygens (including phenoxy) is 3. The van der Waals surface area contributed by atoms with Gasteiger partial charge in [-0.1, -0.05) is 12.1 Å². The van der Waals surface area contributed by atoms with Crippen molar-refractivity contribution in [1.82, 2.24) is 4.90 Å². The molecule has 8 heteroatoms. The van der Waals surface area contributed by atoms with Crippen LogP contribution in [0.2, 0.25) is 0 Å². The zero-order chi connectivity index (χ0) is 18.1. The fourth-order valence-corrected chi connectivity index (χ4v) is 3.08. The summed E-state index contributed by atoms with van der Waals surface area (Å²) in [6.07, 6.45) is -1.56. The minimum absolute atomic E-state index is 0.122. The summed E-state index contributed by atoms with van der Waals surface area (Å²) in [5, 5.41) is 0. The largest absolute Gasteiger partial charge is 0.463 e. The second-order valence-electron chi connectivity index (χ2n) is 5.85. The standard InChI is InChI=1S/C17H17NO7/c1-9(19)23-8-14-13(7-15(25-14)24-10(2)20)18-16(21)11-5-3-4-6-12(11)17(18)22/h3-6,13-15H,7-8H2,1-2H3/t13-,14+,15?/m1/s1. The van der Waals surface area contributed by atoms with Crippen molar-refractivity contribution in [3.63, 3.8) is 0 Å². The Labute approximate surface area is 143 Å². The molecule has 0 radical (unpaired) electrons. The maximum Gasteiger partial charge on any atom is 0.304 e. The molecular formula is C17H17NO7. The van der Waals surface area contributed by atoms with Crippen LogP contribution < -0.4 is 0 Å². The highest BCUT2D eigenvalue weighted by Gasteiger charge is 2.48. The molecule has 2 amide bonds. The Kier molecular flexibility index (Phi) is 4.54. The zero-order valence-electron chi connectivity index (χ0n) is 13.8. The Morgan fingerprint density at radius 2 is 1.72 bits per heavy atom. The van der Waals surface area contributed by atoms with Gasteiger partial charge in [0.1, 0.15) is 12.7 Å². The van der Waals surface area contributed by atoms with Gasteiger partial charge in [-0.2, -0.15) is 0 Å². The highest BCUT2D eigenvalue weighted by molar-refractivity contribution is 6.21. The van der Waals surface area contributed by atoms with Gasteiger partial charge in [-0.05, 0) is 12.1 Å². The van der Waals surface area contributed by atoms with Crippen molar-refractivity contribution in [2.24, 2.45) is 0 Å². The van der Waals surface area contributed by atoms with E-state index in [2.05, 4.69) is 0 Å². The first-order valence-corrected chi connectivity index (χ1v) is 7.81. The number of nitrogens with zero attached hydrogens (tertiary/aromatic N) is 1. The molecule has 1 aromatic rings. The molecule has 132 valence electrons. The van der Waals surface area contributed by atoms with E-state index in [4.69, 9.17) is 14.2 Å². The van der Waals surface area contributed by atoms with Gasteiger partial charge < -0.3 is 14.2 Å². The quantitative estimate of drug-likeness (QED) is 0.589. The van der Waals surface area contributed by atoms with E-state index in [1.54, 1.807) is 24.3 Å². The van der Waals surface area contributed by atoms with Crippen LogP contribution in [0.3, 0.4) is 0 Å². The predicted octanol–water partition coefficient (Wildman–Crippen LogP) is 0.892. The number of benzene rings is 1. The fraction of sp³-hybridized carbons (Fsp3) is 0.412. The lowest BCUT2D eigenvalue weighted by molar-refractivity contribution is -0.178. The van der Waals surface area contributed by atoms with Gasteiger partial charge in [0.15, 0.2) is 0 Å². The van der Waals surface area contributed by atoms with Crippen LogP contribution in [0.5, 0.6) is 0 Å². The Bertz CT molecular complexity index is 709. The number of esters is 2. The fourth-order valence-electron chi connectivity index (χ4n) is 3.08. The molecule has 3 rings (SSSR count). The third-order valence-electron chi connectivity index (χ3n) is 4.10. The lowest BCUT2D eigenvalue weighted by Crippen LogP contribution is -2.46. The van der Waals surface area contributed by atoms with Gasteiger partial charge in [-0.25, -0.2) is 0 Å². The lowest BCUT2D eigenvalue weighted by Gasteiger charge is -2.25. The summed E-state index contributed by atoms with van der Waals surface area (Å²) in [6, 6.07) is 5.82. The molecule has 0 N–H and O–H groups in total. The molecular weight excluding hydrogens is 330 g/mol. The second-order valence-corrected chi connectivity index (χ2v) is 5.85. The van der Waals surface area contributed by atoms with Crippen LogP contribution in [0.1, 0.15) is 41.0 Å². The SMILES string of the molecule is CC(=O)OC[C@@H]1OC(OC(C)=O)C[C@H]1N1C(=O)c2ccccc2C1=O. The van der Waals surface area contributed by atoms with Crippen LogP contribution >= 0.6 is 0 Å². The van der Waals surface area contributed by atoms with Gasteiger partial charge in [0.2, 0.25) is 6.29 Å². The monoisotopic (exact) mass is 347 g/mol. The number of hydrogen-bond donors (Lipinski definition) is 0. The van der Waals surface area contributed by atoms with Crippen molar-refractivity contribution < 1.29 is 33.4 Å². The van der Waals surface area contributed by atoms with Crippen LogP contribution in [0.4, 0.5) is 0 Å². The third-order valence-corrected chi connectivity index (χ3v) is 4.10. The number of hydrogen-bond acceptors (Lipinski definition) is 7. The zero-order valence-corrected chi connectivity index (χ0v) is 13.8. The van der Waals surface area contributed by atoms with E-state index >= 15 is 0 Å². The highest BCUT2D eigenvalue weighted by Crippen LogP contribution is 2.33. The van der Waals surface area contributed by atoms with E-state index in [1.807, 2.05) is 0 Å². The van der Waals surface area contributed by atoms with E-state index in [9.17, 15) is 19.2 Å². The van der Waals surface area contributed by atoms with E-state index in [-0.39, 0.29) is 13.0 Å². The average molecular weight is 347 g/mol.